The Kier molecular flexibility index (Phi) is 7.89. The number of nitrogens with one attached hydrogen (secondary N) is 2. The van der Waals surface area contributed by atoms with Gasteiger partial charge in [-0.25, -0.2) is 4.98 Å². The normalized spacial score (nSPS) is 14.1. The van der Waals surface area contributed by atoms with Crippen LogP contribution in [0.3, 0.4) is 0 Å². The molecule has 0 saturated carbocycles. The quantitative estimate of drug-likeness (QED) is 0.629. The van der Waals surface area contributed by atoms with Gasteiger partial charge in [-0.1, -0.05) is 6.92 Å². The molecule has 2 aromatic heterocycles. The van der Waals surface area contributed by atoms with Crippen LogP contribution in [0.5, 0.6) is 0 Å². The molecule has 2 rings (SSSR count). The second-order valence-corrected chi connectivity index (χ2v) is 9.11. The zero-order valence-corrected chi connectivity index (χ0v) is 15.9. The SMILES string of the molecule is CCSC(C)NCc1ccc(CC(C)NCc2nccs2)s1. The Morgan fingerprint density at radius 2 is 2.00 bits per heavy atom. The summed E-state index contributed by atoms with van der Waals surface area (Å²) in [5.41, 5.74) is 0. The topological polar surface area (TPSA) is 37.0 Å². The van der Waals surface area contributed by atoms with E-state index in [1.807, 2.05) is 34.7 Å². The Labute approximate surface area is 145 Å². The molecule has 2 aromatic rings. The number of rotatable bonds is 10. The maximum Gasteiger partial charge on any atom is 0.106 e. The van der Waals surface area contributed by atoms with Crippen LogP contribution in [-0.4, -0.2) is 22.2 Å². The average molecular weight is 356 g/mol. The molecule has 0 amide bonds. The van der Waals surface area contributed by atoms with E-state index < -0.39 is 0 Å². The fourth-order valence-corrected chi connectivity index (χ4v) is 4.52. The number of nitrogens with zero attached hydrogens (tertiary/aromatic N) is 1. The van der Waals surface area contributed by atoms with E-state index in [0.717, 1.165) is 30.3 Å². The highest BCUT2D eigenvalue weighted by Gasteiger charge is 2.08. The molecular formula is C16H25N3S3. The number of thiazole rings is 1. The molecule has 0 aliphatic rings. The molecule has 0 spiro atoms. The average Bonchev–Trinajstić information content (AvgIpc) is 3.15. The van der Waals surface area contributed by atoms with Gasteiger partial charge < -0.3 is 10.6 Å². The molecule has 2 heterocycles. The third-order valence-electron chi connectivity index (χ3n) is 3.29. The fraction of sp³-hybridized carbons (Fsp3) is 0.562. The molecule has 0 aromatic carbocycles. The van der Waals surface area contributed by atoms with Gasteiger partial charge in [0.05, 0.1) is 5.37 Å². The third kappa shape index (κ3) is 6.38. The molecule has 122 valence electrons. The van der Waals surface area contributed by atoms with Gasteiger partial charge in [0.15, 0.2) is 0 Å². The van der Waals surface area contributed by atoms with E-state index in [0.29, 0.717) is 11.4 Å². The number of hydrogen-bond acceptors (Lipinski definition) is 6. The molecule has 0 saturated heterocycles. The minimum atomic E-state index is 0.470. The van der Waals surface area contributed by atoms with Crippen molar-refractivity contribution in [2.75, 3.05) is 5.75 Å². The summed E-state index contributed by atoms with van der Waals surface area (Å²) >= 11 is 5.58. The monoisotopic (exact) mass is 355 g/mol. The van der Waals surface area contributed by atoms with Crippen molar-refractivity contribution in [3.8, 4) is 0 Å². The maximum absolute atomic E-state index is 4.30. The highest BCUT2D eigenvalue weighted by molar-refractivity contribution is 7.99. The predicted octanol–water partition coefficient (Wildman–Crippen LogP) is 4.11. The van der Waals surface area contributed by atoms with Crippen LogP contribution < -0.4 is 10.6 Å². The van der Waals surface area contributed by atoms with Crippen molar-refractivity contribution in [3.63, 3.8) is 0 Å². The zero-order valence-electron chi connectivity index (χ0n) is 13.5. The van der Waals surface area contributed by atoms with Crippen LogP contribution in [-0.2, 0) is 19.5 Å². The number of thioether (sulfide) groups is 1. The lowest BCUT2D eigenvalue weighted by atomic mass is 10.2. The third-order valence-corrected chi connectivity index (χ3v) is 6.18. The molecule has 0 bridgehead atoms. The summed E-state index contributed by atoms with van der Waals surface area (Å²) in [6, 6.07) is 4.99. The number of thiophene rings is 1. The van der Waals surface area contributed by atoms with Crippen LogP contribution in [0.1, 0.15) is 35.5 Å². The first-order chi connectivity index (χ1) is 10.7. The van der Waals surface area contributed by atoms with Gasteiger partial charge in [0.1, 0.15) is 5.01 Å². The zero-order chi connectivity index (χ0) is 15.8. The van der Waals surface area contributed by atoms with Crippen LogP contribution in [0.15, 0.2) is 23.7 Å². The van der Waals surface area contributed by atoms with Gasteiger partial charge in [0, 0.05) is 40.5 Å². The first kappa shape index (κ1) is 17.9. The van der Waals surface area contributed by atoms with Crippen molar-refractivity contribution in [1.82, 2.24) is 15.6 Å². The van der Waals surface area contributed by atoms with Crippen LogP contribution in [0.2, 0.25) is 0 Å². The van der Waals surface area contributed by atoms with Crippen molar-refractivity contribution >= 4 is 34.4 Å². The van der Waals surface area contributed by atoms with Crippen molar-refractivity contribution in [1.29, 1.82) is 0 Å². The van der Waals surface area contributed by atoms with E-state index in [1.165, 1.54) is 9.75 Å². The lowest BCUT2D eigenvalue weighted by molar-refractivity contribution is 0.547. The van der Waals surface area contributed by atoms with Gasteiger partial charge >= 0.3 is 0 Å². The molecule has 0 aliphatic carbocycles. The van der Waals surface area contributed by atoms with Crippen molar-refractivity contribution in [3.05, 3.63) is 38.5 Å². The molecule has 0 aliphatic heterocycles. The maximum atomic E-state index is 4.30. The van der Waals surface area contributed by atoms with E-state index in [4.69, 9.17) is 0 Å². The standard InChI is InChI=1S/C16H25N3S3/c1-4-20-13(3)19-10-15-6-5-14(22-15)9-12(2)18-11-16-17-7-8-21-16/h5-8,12-13,18-19H,4,9-11H2,1-3H3. The highest BCUT2D eigenvalue weighted by Crippen LogP contribution is 2.19. The fourth-order valence-electron chi connectivity index (χ4n) is 2.16. The van der Waals surface area contributed by atoms with E-state index in [9.17, 15) is 0 Å². The number of hydrogen-bond donors (Lipinski definition) is 2. The largest absolute Gasteiger partial charge is 0.308 e. The highest BCUT2D eigenvalue weighted by atomic mass is 32.2. The van der Waals surface area contributed by atoms with Gasteiger partial charge in [-0.05, 0) is 38.2 Å². The molecule has 0 fully saturated rings. The first-order valence-corrected chi connectivity index (χ1v) is 10.5. The Morgan fingerprint density at radius 1 is 1.18 bits per heavy atom. The van der Waals surface area contributed by atoms with E-state index >= 15 is 0 Å². The molecule has 3 nitrogen and oxygen atoms in total. The van der Waals surface area contributed by atoms with Crippen molar-refractivity contribution < 1.29 is 0 Å². The van der Waals surface area contributed by atoms with Gasteiger partial charge in [-0.3, -0.25) is 0 Å². The summed E-state index contributed by atoms with van der Waals surface area (Å²) in [6.45, 7) is 8.51. The van der Waals surface area contributed by atoms with E-state index in [1.54, 1.807) is 11.3 Å². The lowest BCUT2D eigenvalue weighted by Gasteiger charge is -2.12. The smallest absolute Gasteiger partial charge is 0.106 e. The van der Waals surface area contributed by atoms with Crippen LogP contribution in [0, 0.1) is 0 Å². The minimum absolute atomic E-state index is 0.470. The lowest BCUT2D eigenvalue weighted by Crippen LogP contribution is -2.27. The molecule has 2 unspecified atom stereocenters. The summed E-state index contributed by atoms with van der Waals surface area (Å²) in [4.78, 5) is 7.18. The number of aromatic nitrogens is 1. The molecule has 2 atom stereocenters. The first-order valence-electron chi connectivity index (χ1n) is 7.71. The molecule has 22 heavy (non-hydrogen) atoms. The second kappa shape index (κ2) is 9.67. The van der Waals surface area contributed by atoms with Crippen molar-refractivity contribution in [2.24, 2.45) is 0 Å². The molecule has 6 heteroatoms. The molecular weight excluding hydrogens is 330 g/mol. The van der Waals surface area contributed by atoms with Gasteiger partial charge in [0.2, 0.25) is 0 Å². The minimum Gasteiger partial charge on any atom is -0.308 e. The van der Waals surface area contributed by atoms with Crippen LogP contribution in [0.25, 0.3) is 0 Å². The summed E-state index contributed by atoms with van der Waals surface area (Å²) in [7, 11) is 0. The Bertz CT molecular complexity index is 524. The summed E-state index contributed by atoms with van der Waals surface area (Å²) in [6.07, 6.45) is 2.94. The van der Waals surface area contributed by atoms with Crippen LogP contribution in [0.4, 0.5) is 0 Å². The molecule has 2 N–H and O–H groups in total. The Morgan fingerprint density at radius 3 is 2.73 bits per heavy atom. The second-order valence-electron chi connectivity index (χ2n) is 5.26. The Hall–Kier alpha value is -0.400. The molecule has 0 radical (unpaired) electrons. The van der Waals surface area contributed by atoms with Gasteiger partial charge in [-0.15, -0.1) is 34.4 Å². The van der Waals surface area contributed by atoms with Gasteiger partial charge in [0.25, 0.3) is 0 Å². The van der Waals surface area contributed by atoms with Gasteiger partial charge in [-0.2, -0.15) is 0 Å². The van der Waals surface area contributed by atoms with Crippen LogP contribution >= 0.6 is 34.4 Å². The van der Waals surface area contributed by atoms with Crippen molar-refractivity contribution in [2.45, 2.75) is 51.7 Å². The Balaban J connectivity index is 1.71. The van der Waals surface area contributed by atoms with E-state index in [-0.39, 0.29) is 0 Å². The van der Waals surface area contributed by atoms with E-state index in [2.05, 4.69) is 48.5 Å². The predicted molar refractivity (Wildman–Crippen MR) is 101 cm³/mol. The summed E-state index contributed by atoms with van der Waals surface area (Å²) in [5, 5.41) is 10.8. The summed E-state index contributed by atoms with van der Waals surface area (Å²) in [5.74, 6) is 1.16. The summed E-state index contributed by atoms with van der Waals surface area (Å²) < 4.78 is 0.